The molecule has 0 aliphatic heterocycles. The van der Waals surface area contributed by atoms with Gasteiger partial charge in [-0.05, 0) is 132 Å². The fourth-order valence-corrected chi connectivity index (χ4v) is 12.6. The van der Waals surface area contributed by atoms with Crippen LogP contribution in [0.5, 0.6) is 0 Å². The maximum absolute atomic E-state index is 6.55. The molecule has 12 aromatic carbocycles. The third-order valence-electron chi connectivity index (χ3n) is 15.0. The molecule has 5 nitrogen and oxygen atoms in total. The van der Waals surface area contributed by atoms with Gasteiger partial charge in [-0.3, -0.25) is 0 Å². The molecule has 6 heteroatoms. The quantitative estimate of drug-likeness (QED) is 0.129. The zero-order valence-corrected chi connectivity index (χ0v) is 43.0. The van der Waals surface area contributed by atoms with Crippen LogP contribution >= 0.6 is 11.3 Å². The van der Waals surface area contributed by atoms with Crippen molar-refractivity contribution < 1.29 is 8.83 Å². The van der Waals surface area contributed by atoms with E-state index >= 15 is 0 Å². The van der Waals surface area contributed by atoms with Crippen LogP contribution in [0, 0.1) is 0 Å². The van der Waals surface area contributed by atoms with Crippen LogP contribution in [0.3, 0.4) is 0 Å². The summed E-state index contributed by atoms with van der Waals surface area (Å²) in [6.07, 6.45) is 0. The molecule has 3 aromatic heterocycles. The maximum Gasteiger partial charge on any atom is 0.143 e. The summed E-state index contributed by atoms with van der Waals surface area (Å²) in [5.74, 6) is 0. The molecule has 0 spiro atoms. The number of fused-ring (bicyclic) bond motifs is 9. The summed E-state index contributed by atoms with van der Waals surface area (Å²) in [6, 6.07) is 102. The van der Waals surface area contributed by atoms with E-state index in [1.54, 1.807) is 0 Å². The van der Waals surface area contributed by atoms with Gasteiger partial charge < -0.3 is 23.5 Å². The van der Waals surface area contributed by atoms with E-state index in [0.29, 0.717) is 0 Å². The van der Waals surface area contributed by atoms with E-state index in [9.17, 15) is 0 Å². The van der Waals surface area contributed by atoms with Gasteiger partial charge in [-0.25, -0.2) is 0 Å². The first kappa shape index (κ1) is 45.3. The van der Waals surface area contributed by atoms with E-state index < -0.39 is 0 Å². The minimum absolute atomic E-state index is 0.886. The Kier molecular flexibility index (Phi) is 11.0. The van der Waals surface area contributed by atoms with Gasteiger partial charge in [0.25, 0.3) is 0 Å². The van der Waals surface area contributed by atoms with E-state index in [-0.39, 0.29) is 0 Å². The van der Waals surface area contributed by atoms with E-state index in [1.807, 2.05) is 35.6 Å². The Bertz CT molecular complexity index is 4680. The summed E-state index contributed by atoms with van der Waals surface area (Å²) in [5, 5.41) is 6.95. The largest absolute Gasteiger partial charge is 0.456 e. The number of hydrogen-bond donors (Lipinski definition) is 0. The predicted octanol–water partition coefficient (Wildman–Crippen LogP) is 21.6. The molecule has 0 saturated carbocycles. The first-order valence-electron chi connectivity index (χ1n) is 26.3. The molecule has 0 fully saturated rings. The topological polar surface area (TPSA) is 36.0 Å². The Labute approximate surface area is 454 Å². The molecule has 3 heterocycles. The van der Waals surface area contributed by atoms with Gasteiger partial charge in [-0.1, -0.05) is 170 Å². The van der Waals surface area contributed by atoms with Gasteiger partial charge in [0.2, 0.25) is 0 Å². The molecule has 0 aliphatic carbocycles. The second kappa shape index (κ2) is 18.9. The summed E-state index contributed by atoms with van der Waals surface area (Å²) in [7, 11) is 0. The molecule has 15 rings (SSSR count). The Morgan fingerprint density at radius 2 is 0.705 bits per heavy atom. The fraction of sp³-hybridized carbons (Fsp3) is 0. The monoisotopic (exact) mass is 1020 g/mol. The second-order valence-electron chi connectivity index (χ2n) is 19.7. The van der Waals surface area contributed by atoms with Crippen molar-refractivity contribution in [1.29, 1.82) is 0 Å². The average molecular weight is 1020 g/mol. The van der Waals surface area contributed by atoms with Crippen LogP contribution in [-0.2, 0) is 0 Å². The Balaban J connectivity index is 0.936. The highest BCUT2D eigenvalue weighted by Gasteiger charge is 2.25. The van der Waals surface area contributed by atoms with Crippen LogP contribution in [0.4, 0.5) is 51.2 Å². The zero-order chi connectivity index (χ0) is 51.5. The number of furan rings is 2. The number of rotatable bonds is 11. The van der Waals surface area contributed by atoms with Crippen molar-refractivity contribution in [2.75, 3.05) is 14.7 Å². The van der Waals surface area contributed by atoms with Gasteiger partial charge in [-0.2, -0.15) is 0 Å². The van der Waals surface area contributed by atoms with Crippen molar-refractivity contribution in [2.45, 2.75) is 0 Å². The van der Waals surface area contributed by atoms with E-state index in [4.69, 9.17) is 8.83 Å². The van der Waals surface area contributed by atoms with Crippen molar-refractivity contribution in [3.05, 3.63) is 285 Å². The van der Waals surface area contributed by atoms with Crippen molar-refractivity contribution in [3.8, 4) is 22.3 Å². The molecule has 0 unspecified atom stereocenters. The number of hydrogen-bond acceptors (Lipinski definition) is 6. The van der Waals surface area contributed by atoms with Crippen LogP contribution in [0.2, 0.25) is 0 Å². The summed E-state index contributed by atoms with van der Waals surface area (Å²) in [4.78, 5) is 7.20. The minimum atomic E-state index is 0.886. The first-order valence-corrected chi connectivity index (χ1v) is 27.1. The molecular formula is C72H47N3O2S. The number of benzene rings is 12. The lowest BCUT2D eigenvalue weighted by Gasteiger charge is -2.33. The number of nitrogens with zero attached hydrogens (tertiary/aromatic N) is 3. The third-order valence-corrected chi connectivity index (χ3v) is 16.2. The number of anilines is 9. The van der Waals surface area contributed by atoms with Crippen LogP contribution in [0.1, 0.15) is 0 Å². The smallest absolute Gasteiger partial charge is 0.143 e. The Hall–Kier alpha value is -10.1. The van der Waals surface area contributed by atoms with Crippen LogP contribution < -0.4 is 14.7 Å². The lowest BCUT2D eigenvalue weighted by Crippen LogP contribution is -2.16. The second-order valence-corrected chi connectivity index (χ2v) is 20.7. The number of para-hydroxylation sites is 6. The number of thiophene rings is 1. The summed E-state index contributed by atoms with van der Waals surface area (Å²) >= 11 is 1.84. The van der Waals surface area contributed by atoms with E-state index in [1.165, 1.54) is 20.2 Å². The highest BCUT2D eigenvalue weighted by molar-refractivity contribution is 7.26. The van der Waals surface area contributed by atoms with Gasteiger partial charge in [-0.15, -0.1) is 11.3 Å². The molecule has 78 heavy (non-hydrogen) atoms. The molecule has 0 saturated heterocycles. The average Bonchev–Trinajstić information content (AvgIpc) is 4.35. The van der Waals surface area contributed by atoms with Crippen LogP contribution in [0.15, 0.2) is 294 Å². The highest BCUT2D eigenvalue weighted by Crippen LogP contribution is 2.50. The van der Waals surface area contributed by atoms with Crippen molar-refractivity contribution in [3.63, 3.8) is 0 Å². The standard InChI is InChI=1S/C72H47N3O2S/c1-4-18-51(19-5-1)73(54-39-34-48(35-40-54)50-38-43-69-65(44-50)61-25-11-13-31-67(61)76-69)56-45-57(47-58(46-56)75(53-22-8-3-9-23-53)66-30-17-29-64-62-26-12-15-33-70(62)78-72(64)66)74(52-20-6-2-7-21-52)55-41-36-49(37-42-55)59-27-16-28-63-60-24-10-14-32-68(60)77-71(59)63/h1-47H. The molecule has 0 radical (unpaired) electrons. The molecule has 368 valence electrons. The molecule has 0 bridgehead atoms. The molecule has 0 N–H and O–H groups in total. The van der Waals surface area contributed by atoms with Gasteiger partial charge in [0.15, 0.2) is 0 Å². The predicted molar refractivity (Wildman–Crippen MR) is 329 cm³/mol. The Morgan fingerprint density at radius 3 is 1.35 bits per heavy atom. The molecule has 15 aromatic rings. The molecular weight excluding hydrogens is 971 g/mol. The van der Waals surface area contributed by atoms with E-state index in [0.717, 1.165) is 117 Å². The van der Waals surface area contributed by atoms with Crippen molar-refractivity contribution in [1.82, 2.24) is 0 Å². The summed E-state index contributed by atoms with van der Waals surface area (Å²) in [5.41, 5.74) is 17.2. The third kappa shape index (κ3) is 7.85. The molecule has 0 amide bonds. The maximum atomic E-state index is 6.55. The molecule has 0 atom stereocenters. The van der Waals surface area contributed by atoms with Gasteiger partial charge in [0, 0.05) is 71.0 Å². The zero-order valence-electron chi connectivity index (χ0n) is 42.2. The highest BCUT2D eigenvalue weighted by atomic mass is 32.1. The Morgan fingerprint density at radius 1 is 0.256 bits per heavy atom. The first-order chi connectivity index (χ1) is 38.7. The van der Waals surface area contributed by atoms with Crippen molar-refractivity contribution in [2.24, 2.45) is 0 Å². The minimum Gasteiger partial charge on any atom is -0.456 e. The molecule has 0 aliphatic rings. The van der Waals surface area contributed by atoms with Gasteiger partial charge in [0.05, 0.1) is 27.4 Å². The van der Waals surface area contributed by atoms with Crippen LogP contribution in [0.25, 0.3) is 86.3 Å². The van der Waals surface area contributed by atoms with Gasteiger partial charge >= 0.3 is 0 Å². The van der Waals surface area contributed by atoms with Gasteiger partial charge in [0.1, 0.15) is 22.3 Å². The summed E-state index contributed by atoms with van der Waals surface area (Å²) < 4.78 is 15.3. The lowest BCUT2D eigenvalue weighted by atomic mass is 10.0. The summed E-state index contributed by atoms with van der Waals surface area (Å²) in [6.45, 7) is 0. The normalized spacial score (nSPS) is 11.6. The SMILES string of the molecule is c1ccc(N(c2ccc(-c3ccc4oc5ccccc5c4c3)cc2)c2cc(N(c3ccccc3)c3ccc(-c4cccc5c4oc4ccccc45)cc3)cc(N(c3ccccc3)c3cccc4c3sc3ccccc34)c2)cc1. The fourth-order valence-electron chi connectivity index (χ4n) is 11.4. The van der Waals surface area contributed by atoms with E-state index in [2.05, 4.69) is 276 Å². The van der Waals surface area contributed by atoms with Crippen LogP contribution in [-0.4, -0.2) is 0 Å². The lowest BCUT2D eigenvalue weighted by molar-refractivity contribution is 0.669. The van der Waals surface area contributed by atoms with Crippen molar-refractivity contribution >= 4 is 127 Å².